The van der Waals surface area contributed by atoms with E-state index in [0.29, 0.717) is 0 Å². The normalized spacial score (nSPS) is 11.3. The van der Waals surface area contributed by atoms with Crippen LogP contribution in [0.4, 0.5) is 0 Å². The summed E-state index contributed by atoms with van der Waals surface area (Å²) in [5.74, 6) is 0. The van der Waals surface area contributed by atoms with Crippen LogP contribution in [0.5, 0.6) is 0 Å². The molecule has 4 nitrogen and oxygen atoms in total. The van der Waals surface area contributed by atoms with Crippen LogP contribution in [0.3, 0.4) is 0 Å². The van der Waals surface area contributed by atoms with Crippen LogP contribution in [0.2, 0.25) is 0 Å². The molecule has 0 fully saturated rings. The summed E-state index contributed by atoms with van der Waals surface area (Å²) in [5, 5.41) is 0. The van der Waals surface area contributed by atoms with Crippen LogP contribution in [0.25, 0.3) is 22.3 Å². The Balaban J connectivity index is 2.55. The van der Waals surface area contributed by atoms with Gasteiger partial charge in [-0.05, 0) is 12.1 Å². The lowest BCUT2D eigenvalue weighted by molar-refractivity contribution is -0.647. The van der Waals surface area contributed by atoms with E-state index in [1.165, 1.54) is 0 Å². The summed E-state index contributed by atoms with van der Waals surface area (Å²) < 4.78 is 3.96. The summed E-state index contributed by atoms with van der Waals surface area (Å²) in [6.45, 7) is 0. The zero-order chi connectivity index (χ0) is 10.4. The number of aryl methyl sites for hydroxylation is 2. The maximum absolute atomic E-state index is 4.58. The Morgan fingerprint density at radius 3 is 2.53 bits per heavy atom. The Morgan fingerprint density at radius 2 is 1.80 bits per heavy atom. The number of hydrogen-bond donors (Lipinski definition) is 0. The smallest absolute Gasteiger partial charge is 0.247 e. The second-order valence-corrected chi connectivity index (χ2v) is 3.70. The zero-order valence-electron chi connectivity index (χ0n) is 8.68. The summed E-state index contributed by atoms with van der Waals surface area (Å²) in [6.07, 6.45) is 1.98. The van der Waals surface area contributed by atoms with Gasteiger partial charge in [0.25, 0.3) is 5.65 Å². The first kappa shape index (κ1) is 8.35. The maximum atomic E-state index is 4.58. The highest BCUT2D eigenvalue weighted by Crippen LogP contribution is 2.12. The molecule has 0 amide bonds. The lowest BCUT2D eigenvalue weighted by atomic mass is 10.3. The minimum atomic E-state index is 0.913. The number of benzene rings is 1. The first-order valence-corrected chi connectivity index (χ1v) is 4.83. The van der Waals surface area contributed by atoms with Gasteiger partial charge in [0.1, 0.15) is 5.52 Å². The van der Waals surface area contributed by atoms with Crippen LogP contribution in [-0.4, -0.2) is 14.5 Å². The molecule has 0 bridgehead atoms. The van der Waals surface area contributed by atoms with Gasteiger partial charge < -0.3 is 0 Å². The fourth-order valence-electron chi connectivity index (χ4n) is 1.82. The summed E-state index contributed by atoms with van der Waals surface area (Å²) >= 11 is 0. The SMILES string of the molecule is Cn1c[n+](C)c2nc3ccccc3nc21. The predicted molar refractivity (Wildman–Crippen MR) is 57.2 cm³/mol. The minimum absolute atomic E-state index is 0.913. The van der Waals surface area contributed by atoms with Gasteiger partial charge in [0.05, 0.1) is 14.1 Å². The summed E-state index contributed by atoms with van der Waals surface area (Å²) in [6, 6.07) is 7.92. The Hall–Kier alpha value is -1.97. The summed E-state index contributed by atoms with van der Waals surface area (Å²) in [4.78, 5) is 9.16. The first-order chi connectivity index (χ1) is 7.25. The van der Waals surface area contributed by atoms with E-state index in [-0.39, 0.29) is 0 Å². The molecule has 1 aromatic carbocycles. The van der Waals surface area contributed by atoms with Crippen molar-refractivity contribution in [3.05, 3.63) is 30.6 Å². The second kappa shape index (κ2) is 2.76. The molecule has 0 saturated heterocycles. The number of fused-ring (bicyclic) bond motifs is 2. The predicted octanol–water partition coefficient (Wildman–Crippen LogP) is 0.946. The Morgan fingerprint density at radius 1 is 1.13 bits per heavy atom. The zero-order valence-corrected chi connectivity index (χ0v) is 8.68. The molecule has 0 aliphatic carbocycles. The highest BCUT2D eigenvalue weighted by Gasteiger charge is 2.14. The van der Waals surface area contributed by atoms with Crippen molar-refractivity contribution in [2.45, 2.75) is 0 Å². The van der Waals surface area contributed by atoms with Crippen molar-refractivity contribution < 1.29 is 4.57 Å². The molecule has 0 saturated carbocycles. The molecule has 0 aliphatic rings. The number of aromatic nitrogens is 4. The van der Waals surface area contributed by atoms with E-state index in [4.69, 9.17) is 0 Å². The van der Waals surface area contributed by atoms with E-state index in [0.717, 1.165) is 22.3 Å². The van der Waals surface area contributed by atoms with Crippen molar-refractivity contribution in [1.82, 2.24) is 14.5 Å². The van der Waals surface area contributed by atoms with Crippen LogP contribution in [-0.2, 0) is 14.1 Å². The van der Waals surface area contributed by atoms with Crippen LogP contribution in [0.15, 0.2) is 30.6 Å². The van der Waals surface area contributed by atoms with Crippen LogP contribution >= 0.6 is 0 Å². The van der Waals surface area contributed by atoms with E-state index in [1.807, 2.05) is 53.8 Å². The Bertz CT molecular complexity index is 599. The Kier molecular flexibility index (Phi) is 1.54. The quantitative estimate of drug-likeness (QED) is 0.505. The van der Waals surface area contributed by atoms with Gasteiger partial charge in [0.2, 0.25) is 0 Å². The summed E-state index contributed by atoms with van der Waals surface area (Å²) in [5.41, 5.74) is 3.70. The number of rotatable bonds is 0. The second-order valence-electron chi connectivity index (χ2n) is 3.70. The van der Waals surface area contributed by atoms with Gasteiger partial charge in [0, 0.05) is 0 Å². The fourth-order valence-corrected chi connectivity index (χ4v) is 1.82. The monoisotopic (exact) mass is 199 g/mol. The van der Waals surface area contributed by atoms with E-state index < -0.39 is 0 Å². The highest BCUT2D eigenvalue weighted by atomic mass is 15.2. The van der Waals surface area contributed by atoms with Gasteiger partial charge in [-0.3, -0.25) is 0 Å². The number of nitrogens with zero attached hydrogens (tertiary/aromatic N) is 4. The third kappa shape index (κ3) is 1.11. The molecule has 2 aromatic heterocycles. The molecular weight excluding hydrogens is 188 g/mol. The molecule has 74 valence electrons. The van der Waals surface area contributed by atoms with Gasteiger partial charge >= 0.3 is 5.65 Å². The van der Waals surface area contributed by atoms with Gasteiger partial charge in [-0.2, -0.15) is 0 Å². The van der Waals surface area contributed by atoms with Crippen molar-refractivity contribution in [3.8, 4) is 0 Å². The van der Waals surface area contributed by atoms with Crippen LogP contribution in [0, 0.1) is 0 Å². The molecule has 0 aliphatic heterocycles. The number of hydrogen-bond acceptors (Lipinski definition) is 2. The fraction of sp³-hybridized carbons (Fsp3) is 0.182. The van der Waals surface area contributed by atoms with Crippen molar-refractivity contribution in [1.29, 1.82) is 0 Å². The molecule has 0 spiro atoms. The van der Waals surface area contributed by atoms with Gasteiger partial charge in [-0.1, -0.05) is 17.1 Å². The number of para-hydroxylation sites is 2. The minimum Gasteiger partial charge on any atom is -0.247 e. The molecule has 3 aromatic rings. The lowest BCUT2D eigenvalue weighted by Crippen LogP contribution is -2.26. The van der Waals surface area contributed by atoms with Crippen molar-refractivity contribution in [2.75, 3.05) is 0 Å². The van der Waals surface area contributed by atoms with E-state index in [9.17, 15) is 0 Å². The van der Waals surface area contributed by atoms with Crippen LogP contribution < -0.4 is 4.57 Å². The van der Waals surface area contributed by atoms with Crippen molar-refractivity contribution in [3.63, 3.8) is 0 Å². The molecule has 0 N–H and O–H groups in total. The Labute approximate surface area is 86.8 Å². The van der Waals surface area contributed by atoms with Gasteiger partial charge in [-0.15, -0.1) is 0 Å². The molecular formula is C11H11N4+. The van der Waals surface area contributed by atoms with Crippen molar-refractivity contribution in [2.24, 2.45) is 14.1 Å². The average molecular weight is 199 g/mol. The molecule has 0 atom stereocenters. The standard InChI is InChI=1S/C11H11N4/c1-14-7-15(2)11-10(14)12-8-5-3-4-6-9(8)13-11/h3-7H,1-2H3/q+1. The molecule has 2 heterocycles. The molecule has 15 heavy (non-hydrogen) atoms. The lowest BCUT2D eigenvalue weighted by Gasteiger charge is -1.91. The third-order valence-electron chi connectivity index (χ3n) is 2.55. The molecule has 3 rings (SSSR count). The van der Waals surface area contributed by atoms with E-state index >= 15 is 0 Å². The van der Waals surface area contributed by atoms with E-state index in [1.54, 1.807) is 0 Å². The van der Waals surface area contributed by atoms with E-state index in [2.05, 4.69) is 9.97 Å². The molecule has 0 radical (unpaired) electrons. The van der Waals surface area contributed by atoms with Gasteiger partial charge in [-0.25, -0.2) is 14.1 Å². The number of imidazole rings is 1. The third-order valence-corrected chi connectivity index (χ3v) is 2.55. The molecule has 0 unspecified atom stereocenters. The first-order valence-electron chi connectivity index (χ1n) is 4.83. The van der Waals surface area contributed by atoms with Crippen LogP contribution in [0.1, 0.15) is 0 Å². The maximum Gasteiger partial charge on any atom is 0.322 e. The largest absolute Gasteiger partial charge is 0.322 e. The average Bonchev–Trinajstić information content (AvgIpc) is 2.52. The molecule has 4 heteroatoms. The highest BCUT2D eigenvalue weighted by molar-refractivity contribution is 5.81. The topological polar surface area (TPSA) is 34.6 Å². The van der Waals surface area contributed by atoms with Crippen molar-refractivity contribution >= 4 is 22.3 Å². The van der Waals surface area contributed by atoms with Gasteiger partial charge in [0.15, 0.2) is 11.8 Å². The summed E-state index contributed by atoms with van der Waals surface area (Å²) in [7, 11) is 3.96.